The topological polar surface area (TPSA) is 46.2 Å². The van der Waals surface area contributed by atoms with E-state index in [1.807, 2.05) is 0 Å². The van der Waals surface area contributed by atoms with Gasteiger partial charge in [0.15, 0.2) is 9.84 Å². The number of hydrogen-bond acceptors (Lipinski definition) is 3. The van der Waals surface area contributed by atoms with Crippen LogP contribution >= 0.6 is 23.2 Å². The molecule has 102 valence electrons. The summed E-state index contributed by atoms with van der Waals surface area (Å²) in [7, 11) is -3.12. The number of anilines is 1. The lowest BCUT2D eigenvalue weighted by atomic mass is 10.3. The molecule has 0 aliphatic rings. The number of sulfone groups is 1. The van der Waals surface area contributed by atoms with Gasteiger partial charge in [-0.05, 0) is 26.0 Å². The molecule has 0 aliphatic carbocycles. The van der Waals surface area contributed by atoms with Gasteiger partial charge in [-0.25, -0.2) is 12.8 Å². The number of benzene rings is 1. The molecule has 1 rings (SSSR count). The molecular formula is C11H14Cl2FNO2S. The average molecular weight is 314 g/mol. The maximum atomic E-state index is 12.9. The second-order valence-electron chi connectivity index (χ2n) is 4.09. The fourth-order valence-corrected chi connectivity index (χ4v) is 2.72. The number of nitrogens with one attached hydrogen (secondary N) is 1. The Morgan fingerprint density at radius 3 is 2.22 bits per heavy atom. The van der Waals surface area contributed by atoms with E-state index in [0.717, 1.165) is 12.1 Å². The summed E-state index contributed by atoms with van der Waals surface area (Å²) in [4.78, 5) is 0. The molecule has 0 aromatic heterocycles. The van der Waals surface area contributed by atoms with Crippen molar-refractivity contribution >= 4 is 38.7 Å². The molecule has 3 nitrogen and oxygen atoms in total. The zero-order chi connectivity index (χ0) is 13.9. The van der Waals surface area contributed by atoms with Crippen LogP contribution in [-0.2, 0) is 9.84 Å². The quantitative estimate of drug-likeness (QED) is 0.906. The highest BCUT2D eigenvalue weighted by Crippen LogP contribution is 2.31. The van der Waals surface area contributed by atoms with Crippen LogP contribution in [0.2, 0.25) is 10.0 Å². The molecular weight excluding hydrogens is 300 g/mol. The first kappa shape index (κ1) is 15.5. The van der Waals surface area contributed by atoms with E-state index >= 15 is 0 Å². The Bertz CT molecular complexity index is 509. The van der Waals surface area contributed by atoms with E-state index in [0.29, 0.717) is 5.69 Å². The van der Waals surface area contributed by atoms with Crippen molar-refractivity contribution in [1.82, 2.24) is 0 Å². The fourth-order valence-electron chi connectivity index (χ4n) is 1.27. The molecule has 0 saturated heterocycles. The first-order chi connectivity index (χ1) is 8.24. The van der Waals surface area contributed by atoms with Gasteiger partial charge in [-0.3, -0.25) is 0 Å². The molecule has 0 bridgehead atoms. The molecule has 0 amide bonds. The van der Waals surface area contributed by atoms with E-state index in [1.54, 1.807) is 13.8 Å². The van der Waals surface area contributed by atoms with Gasteiger partial charge >= 0.3 is 0 Å². The van der Waals surface area contributed by atoms with Crippen LogP contribution in [0.4, 0.5) is 10.1 Å². The molecule has 18 heavy (non-hydrogen) atoms. The molecule has 1 N–H and O–H groups in total. The summed E-state index contributed by atoms with van der Waals surface area (Å²) >= 11 is 11.6. The Morgan fingerprint density at radius 2 is 1.78 bits per heavy atom. The maximum absolute atomic E-state index is 12.9. The van der Waals surface area contributed by atoms with Crippen LogP contribution < -0.4 is 5.32 Å². The molecule has 0 radical (unpaired) electrons. The number of halogens is 3. The van der Waals surface area contributed by atoms with Gasteiger partial charge in [0, 0.05) is 6.54 Å². The van der Waals surface area contributed by atoms with Gasteiger partial charge in [0.25, 0.3) is 0 Å². The lowest BCUT2D eigenvalue weighted by molar-refractivity contribution is 0.587. The van der Waals surface area contributed by atoms with Crippen LogP contribution in [0.1, 0.15) is 13.8 Å². The van der Waals surface area contributed by atoms with Crippen molar-refractivity contribution in [3.8, 4) is 0 Å². The van der Waals surface area contributed by atoms with Crippen LogP contribution in [0.3, 0.4) is 0 Å². The predicted octanol–water partition coefficient (Wildman–Crippen LogP) is 3.37. The van der Waals surface area contributed by atoms with Crippen molar-refractivity contribution < 1.29 is 12.8 Å². The Balaban J connectivity index is 2.71. The Kier molecular flexibility index (Phi) is 5.25. The van der Waals surface area contributed by atoms with Crippen molar-refractivity contribution in [2.75, 3.05) is 17.6 Å². The van der Waals surface area contributed by atoms with Gasteiger partial charge in [-0.15, -0.1) is 0 Å². The monoisotopic (exact) mass is 313 g/mol. The van der Waals surface area contributed by atoms with Crippen LogP contribution in [0.5, 0.6) is 0 Å². The number of hydrogen-bond donors (Lipinski definition) is 1. The van der Waals surface area contributed by atoms with Crippen molar-refractivity contribution in [2.45, 2.75) is 19.1 Å². The Labute approximate surface area is 116 Å². The van der Waals surface area contributed by atoms with Crippen molar-refractivity contribution in [2.24, 2.45) is 0 Å². The maximum Gasteiger partial charge on any atom is 0.154 e. The van der Waals surface area contributed by atoms with Gasteiger partial charge in [0.1, 0.15) is 5.82 Å². The third-order valence-electron chi connectivity index (χ3n) is 2.41. The van der Waals surface area contributed by atoms with Crippen LogP contribution in [-0.4, -0.2) is 26.0 Å². The smallest absolute Gasteiger partial charge is 0.154 e. The zero-order valence-electron chi connectivity index (χ0n) is 10.0. The summed E-state index contributed by atoms with van der Waals surface area (Å²) in [6, 6.07) is 2.24. The highest BCUT2D eigenvalue weighted by atomic mass is 35.5. The highest BCUT2D eigenvalue weighted by Gasteiger charge is 2.16. The molecule has 0 heterocycles. The van der Waals surface area contributed by atoms with E-state index in [2.05, 4.69) is 5.32 Å². The Morgan fingerprint density at radius 1 is 1.28 bits per heavy atom. The van der Waals surface area contributed by atoms with Crippen LogP contribution in [0.25, 0.3) is 0 Å². The van der Waals surface area contributed by atoms with Crippen molar-refractivity contribution in [3.63, 3.8) is 0 Å². The Hall–Kier alpha value is -0.520. The van der Waals surface area contributed by atoms with Gasteiger partial charge < -0.3 is 5.32 Å². The number of rotatable bonds is 5. The first-order valence-corrected chi connectivity index (χ1v) is 7.81. The molecule has 0 unspecified atom stereocenters. The third kappa shape index (κ3) is 4.00. The van der Waals surface area contributed by atoms with Gasteiger partial charge in [-0.2, -0.15) is 0 Å². The lowest BCUT2D eigenvalue weighted by Gasteiger charge is -2.12. The molecule has 0 atom stereocenters. The van der Waals surface area contributed by atoms with Crippen LogP contribution in [0.15, 0.2) is 12.1 Å². The van der Waals surface area contributed by atoms with Gasteiger partial charge in [-0.1, -0.05) is 23.2 Å². The van der Waals surface area contributed by atoms with E-state index < -0.39 is 20.9 Å². The van der Waals surface area contributed by atoms with Crippen molar-refractivity contribution in [1.29, 1.82) is 0 Å². The second-order valence-corrected chi connectivity index (χ2v) is 7.58. The molecule has 0 aliphatic heterocycles. The molecule has 0 fully saturated rings. The molecule has 1 aromatic rings. The minimum Gasteiger partial charge on any atom is -0.382 e. The standard InChI is InChI=1S/C11H14Cl2FNO2S/c1-7(2)18(16,17)4-3-15-11-9(12)5-8(14)6-10(11)13/h5-7,15H,3-4H2,1-2H3. The minimum atomic E-state index is -3.12. The summed E-state index contributed by atoms with van der Waals surface area (Å²) < 4.78 is 36.1. The third-order valence-corrected chi connectivity index (χ3v) is 5.22. The average Bonchev–Trinajstić information content (AvgIpc) is 2.21. The van der Waals surface area contributed by atoms with E-state index in [9.17, 15) is 12.8 Å². The first-order valence-electron chi connectivity index (χ1n) is 5.34. The summed E-state index contributed by atoms with van der Waals surface area (Å²) in [6.45, 7) is 3.41. The van der Waals surface area contributed by atoms with E-state index in [1.165, 1.54) is 0 Å². The van der Waals surface area contributed by atoms with E-state index in [4.69, 9.17) is 23.2 Å². The SMILES string of the molecule is CC(C)S(=O)(=O)CCNc1c(Cl)cc(F)cc1Cl. The lowest BCUT2D eigenvalue weighted by Crippen LogP contribution is -2.23. The van der Waals surface area contributed by atoms with E-state index in [-0.39, 0.29) is 22.3 Å². The summed E-state index contributed by atoms with van der Waals surface area (Å²) in [6.07, 6.45) is 0. The summed E-state index contributed by atoms with van der Waals surface area (Å²) in [5, 5.41) is 2.63. The minimum absolute atomic E-state index is 0.0330. The largest absolute Gasteiger partial charge is 0.382 e. The molecule has 1 aromatic carbocycles. The normalized spacial score (nSPS) is 11.9. The molecule has 0 saturated carbocycles. The van der Waals surface area contributed by atoms with Gasteiger partial charge in [0.2, 0.25) is 0 Å². The highest BCUT2D eigenvalue weighted by molar-refractivity contribution is 7.92. The fraction of sp³-hybridized carbons (Fsp3) is 0.455. The van der Waals surface area contributed by atoms with Crippen LogP contribution in [0, 0.1) is 5.82 Å². The van der Waals surface area contributed by atoms with Gasteiger partial charge in [0.05, 0.1) is 26.7 Å². The zero-order valence-corrected chi connectivity index (χ0v) is 12.3. The molecule has 0 spiro atoms. The van der Waals surface area contributed by atoms with Crippen molar-refractivity contribution in [3.05, 3.63) is 28.0 Å². The second kappa shape index (κ2) is 6.08. The summed E-state index contributed by atoms with van der Waals surface area (Å²) in [5.74, 6) is -0.570. The summed E-state index contributed by atoms with van der Waals surface area (Å²) in [5.41, 5.74) is 0.346. The molecule has 7 heteroatoms. The predicted molar refractivity (Wildman–Crippen MR) is 73.8 cm³/mol.